The molecule has 1 aromatic carbocycles. The molecular weight excluding hydrogens is 339 g/mol. The lowest BCUT2D eigenvalue weighted by Crippen LogP contribution is -2.36. The minimum Gasteiger partial charge on any atom is -0.452 e. The molecule has 0 spiro atoms. The number of esters is 1. The van der Waals surface area contributed by atoms with E-state index in [0.29, 0.717) is 0 Å². The number of amides is 1. The van der Waals surface area contributed by atoms with Crippen LogP contribution in [0.25, 0.3) is 0 Å². The molecule has 0 radical (unpaired) electrons. The van der Waals surface area contributed by atoms with E-state index in [0.717, 1.165) is 0 Å². The number of carbonyl (C=O) groups excluding carboxylic acids is 2. The second kappa shape index (κ2) is 7.44. The largest absolute Gasteiger partial charge is 0.452 e. The maximum Gasteiger partial charge on any atom is 0.405 e. The number of sulfone groups is 1. The molecule has 0 heterocycles. The van der Waals surface area contributed by atoms with Crippen LogP contribution in [0, 0.1) is 0 Å². The first kappa shape index (κ1) is 18.9. The average Bonchev–Trinajstić information content (AvgIpc) is 2.49. The first-order valence-corrected chi connectivity index (χ1v) is 8.04. The summed E-state index contributed by atoms with van der Waals surface area (Å²) in [7, 11) is -3.69. The molecule has 0 aliphatic carbocycles. The number of alkyl halides is 3. The lowest BCUT2D eigenvalue weighted by atomic mass is 10.2. The normalized spacial score (nSPS) is 11.8. The highest BCUT2D eigenvalue weighted by Crippen LogP contribution is 2.18. The fourth-order valence-corrected chi connectivity index (χ4v) is 2.60. The molecule has 0 bridgehead atoms. The van der Waals surface area contributed by atoms with Crippen molar-refractivity contribution in [3.8, 4) is 0 Å². The number of rotatable bonds is 6. The van der Waals surface area contributed by atoms with Crippen molar-refractivity contribution in [3.05, 3.63) is 29.8 Å². The summed E-state index contributed by atoms with van der Waals surface area (Å²) in [5.74, 6) is -2.50. The second-order valence-electron chi connectivity index (χ2n) is 4.37. The van der Waals surface area contributed by atoms with Crippen molar-refractivity contribution in [2.75, 3.05) is 18.9 Å². The van der Waals surface area contributed by atoms with E-state index < -0.39 is 41.0 Å². The molecular formula is C13H14F3NO5S. The highest BCUT2D eigenvalue weighted by Gasteiger charge is 2.28. The summed E-state index contributed by atoms with van der Waals surface area (Å²) >= 11 is 0. The van der Waals surface area contributed by atoms with E-state index in [1.165, 1.54) is 36.5 Å². The third kappa shape index (κ3) is 5.89. The Kier molecular flexibility index (Phi) is 6.13. The van der Waals surface area contributed by atoms with Gasteiger partial charge in [-0.25, -0.2) is 13.2 Å². The molecule has 0 fully saturated rings. The Morgan fingerprint density at radius 2 is 1.83 bits per heavy atom. The lowest BCUT2D eigenvalue weighted by molar-refractivity contribution is -0.140. The van der Waals surface area contributed by atoms with Gasteiger partial charge in [0.2, 0.25) is 0 Å². The van der Waals surface area contributed by atoms with Gasteiger partial charge in [-0.1, -0.05) is 19.1 Å². The predicted molar refractivity (Wildman–Crippen MR) is 73.5 cm³/mol. The Hall–Kier alpha value is -2.10. The molecule has 1 aromatic rings. The van der Waals surface area contributed by atoms with Gasteiger partial charge in [0, 0.05) is 0 Å². The molecule has 6 nitrogen and oxygen atoms in total. The number of hydrogen-bond acceptors (Lipinski definition) is 5. The van der Waals surface area contributed by atoms with Crippen molar-refractivity contribution in [1.29, 1.82) is 0 Å². The first-order valence-electron chi connectivity index (χ1n) is 6.39. The van der Waals surface area contributed by atoms with Gasteiger partial charge in [0.05, 0.1) is 16.2 Å². The average molecular weight is 353 g/mol. The molecule has 23 heavy (non-hydrogen) atoms. The Morgan fingerprint density at radius 1 is 1.22 bits per heavy atom. The summed E-state index contributed by atoms with van der Waals surface area (Å²) in [6.45, 7) is -1.11. The van der Waals surface area contributed by atoms with Gasteiger partial charge in [0.25, 0.3) is 5.91 Å². The van der Waals surface area contributed by atoms with Gasteiger partial charge in [-0.2, -0.15) is 13.2 Å². The second-order valence-corrected chi connectivity index (χ2v) is 6.61. The van der Waals surface area contributed by atoms with Crippen LogP contribution in [-0.2, 0) is 19.4 Å². The van der Waals surface area contributed by atoms with Crippen LogP contribution in [0.2, 0.25) is 0 Å². The third-order valence-corrected chi connectivity index (χ3v) is 4.43. The molecule has 0 saturated carbocycles. The Morgan fingerprint density at radius 3 is 2.39 bits per heavy atom. The topological polar surface area (TPSA) is 89.5 Å². The van der Waals surface area contributed by atoms with Gasteiger partial charge in [0.1, 0.15) is 6.54 Å². The van der Waals surface area contributed by atoms with Gasteiger partial charge in [-0.15, -0.1) is 0 Å². The Bertz CT molecular complexity index is 685. The van der Waals surface area contributed by atoms with Crippen LogP contribution >= 0.6 is 0 Å². The number of carbonyl (C=O) groups is 2. The quantitative estimate of drug-likeness (QED) is 0.779. The molecule has 0 aliphatic heterocycles. The van der Waals surface area contributed by atoms with E-state index in [-0.39, 0.29) is 16.2 Å². The van der Waals surface area contributed by atoms with Crippen LogP contribution in [0.15, 0.2) is 29.2 Å². The van der Waals surface area contributed by atoms with Gasteiger partial charge in [0.15, 0.2) is 16.4 Å². The summed E-state index contributed by atoms with van der Waals surface area (Å²) < 4.78 is 64.0. The molecule has 10 heteroatoms. The number of ether oxygens (including phenoxy) is 1. The number of halogens is 3. The van der Waals surface area contributed by atoms with E-state index in [9.17, 15) is 31.2 Å². The highest BCUT2D eigenvalue weighted by molar-refractivity contribution is 7.91. The summed E-state index contributed by atoms with van der Waals surface area (Å²) in [4.78, 5) is 22.7. The van der Waals surface area contributed by atoms with E-state index >= 15 is 0 Å². The summed E-state index contributed by atoms with van der Waals surface area (Å²) in [6.07, 6.45) is -4.58. The van der Waals surface area contributed by atoms with Crippen molar-refractivity contribution in [3.63, 3.8) is 0 Å². The van der Waals surface area contributed by atoms with Crippen LogP contribution in [0.3, 0.4) is 0 Å². The lowest BCUT2D eigenvalue weighted by Gasteiger charge is -2.10. The van der Waals surface area contributed by atoms with E-state index in [1.54, 1.807) is 0 Å². The first-order chi connectivity index (χ1) is 10.6. The molecule has 0 aliphatic rings. The van der Waals surface area contributed by atoms with Crippen molar-refractivity contribution >= 4 is 21.7 Å². The maximum atomic E-state index is 11.9. The standard InChI is InChI=1S/C13H14F3NO5S/c1-2-23(20,21)10-6-4-3-5-9(10)12(19)22-7-11(18)17-8-13(14,15)16/h3-6H,2,7-8H2,1H3,(H,17,18). The van der Waals surface area contributed by atoms with Crippen molar-refractivity contribution in [1.82, 2.24) is 5.32 Å². The molecule has 1 rings (SSSR count). The van der Waals surface area contributed by atoms with Crippen LogP contribution in [0.5, 0.6) is 0 Å². The van der Waals surface area contributed by atoms with E-state index in [1.807, 2.05) is 0 Å². The zero-order chi connectivity index (χ0) is 17.7. The molecule has 0 atom stereocenters. The smallest absolute Gasteiger partial charge is 0.405 e. The van der Waals surface area contributed by atoms with Gasteiger partial charge in [-0.3, -0.25) is 4.79 Å². The van der Waals surface area contributed by atoms with Crippen LogP contribution < -0.4 is 5.32 Å². The van der Waals surface area contributed by atoms with Crippen LogP contribution in [0.1, 0.15) is 17.3 Å². The number of benzene rings is 1. The number of hydrogen-bond donors (Lipinski definition) is 1. The third-order valence-electron chi connectivity index (χ3n) is 2.64. The van der Waals surface area contributed by atoms with Crippen LogP contribution in [0.4, 0.5) is 13.2 Å². The van der Waals surface area contributed by atoms with Gasteiger partial charge in [-0.05, 0) is 12.1 Å². The fourth-order valence-electron chi connectivity index (χ4n) is 1.52. The highest BCUT2D eigenvalue weighted by atomic mass is 32.2. The zero-order valence-corrected chi connectivity index (χ0v) is 12.8. The monoisotopic (exact) mass is 353 g/mol. The van der Waals surface area contributed by atoms with Crippen molar-refractivity contribution < 1.29 is 35.9 Å². The van der Waals surface area contributed by atoms with E-state index in [2.05, 4.69) is 4.74 Å². The fraction of sp³-hybridized carbons (Fsp3) is 0.385. The molecule has 1 amide bonds. The van der Waals surface area contributed by atoms with Crippen molar-refractivity contribution in [2.24, 2.45) is 0 Å². The Labute approximate surface area is 130 Å². The zero-order valence-electron chi connectivity index (χ0n) is 12.0. The minimum atomic E-state index is -4.58. The van der Waals surface area contributed by atoms with Gasteiger partial charge >= 0.3 is 12.1 Å². The molecule has 0 unspecified atom stereocenters. The summed E-state index contributed by atoms with van der Waals surface area (Å²) in [6, 6.07) is 5.21. The molecule has 0 aromatic heterocycles. The number of nitrogens with one attached hydrogen (secondary N) is 1. The molecule has 128 valence electrons. The summed E-state index contributed by atoms with van der Waals surface area (Å²) in [5.41, 5.74) is -0.280. The van der Waals surface area contributed by atoms with Crippen molar-refractivity contribution in [2.45, 2.75) is 18.0 Å². The Balaban J connectivity index is 2.75. The SMILES string of the molecule is CCS(=O)(=O)c1ccccc1C(=O)OCC(=O)NCC(F)(F)F. The summed E-state index contributed by atoms with van der Waals surface area (Å²) in [5, 5.41) is 1.53. The van der Waals surface area contributed by atoms with Crippen LogP contribution in [-0.4, -0.2) is 45.4 Å². The van der Waals surface area contributed by atoms with E-state index in [4.69, 9.17) is 0 Å². The molecule has 1 N–H and O–H groups in total. The maximum absolute atomic E-state index is 11.9. The molecule has 0 saturated heterocycles. The minimum absolute atomic E-state index is 0.247. The van der Waals surface area contributed by atoms with Gasteiger partial charge < -0.3 is 10.1 Å². The predicted octanol–water partition coefficient (Wildman–Crippen LogP) is 1.32.